The van der Waals surface area contributed by atoms with Gasteiger partial charge in [-0.3, -0.25) is 4.79 Å². The van der Waals surface area contributed by atoms with Crippen LogP contribution in [0.4, 0.5) is 10.1 Å². The summed E-state index contributed by atoms with van der Waals surface area (Å²) < 4.78 is 13.4. The molecule has 1 saturated carbocycles. The third-order valence-corrected chi connectivity index (χ3v) is 3.32. The van der Waals surface area contributed by atoms with Gasteiger partial charge < -0.3 is 10.6 Å². The number of hydrogen-bond donors (Lipinski definition) is 2. The standard InChI is InChI=1S/C11H11BrClFN2O/c12-8-3-6(14)4-9(13)11(8)16-10(17)5-15-7-1-2-7/h3-4,7,15H,1-2,5H2,(H,16,17). The van der Waals surface area contributed by atoms with Crippen molar-refractivity contribution in [3.8, 4) is 0 Å². The van der Waals surface area contributed by atoms with Crippen LogP contribution >= 0.6 is 27.5 Å². The van der Waals surface area contributed by atoms with Crippen LogP contribution in [0.5, 0.6) is 0 Å². The predicted molar refractivity (Wildman–Crippen MR) is 68.8 cm³/mol. The van der Waals surface area contributed by atoms with E-state index >= 15 is 0 Å². The first-order valence-electron chi connectivity index (χ1n) is 5.24. The Labute approximate surface area is 112 Å². The van der Waals surface area contributed by atoms with Crippen molar-refractivity contribution in [2.45, 2.75) is 18.9 Å². The molecule has 0 spiro atoms. The van der Waals surface area contributed by atoms with Gasteiger partial charge in [-0.1, -0.05) is 11.6 Å². The molecule has 0 aromatic heterocycles. The largest absolute Gasteiger partial charge is 0.323 e. The van der Waals surface area contributed by atoms with Gasteiger partial charge in [0.2, 0.25) is 5.91 Å². The minimum absolute atomic E-state index is 0.177. The quantitative estimate of drug-likeness (QED) is 0.895. The molecule has 1 fully saturated rings. The fourth-order valence-electron chi connectivity index (χ4n) is 1.37. The van der Waals surface area contributed by atoms with E-state index in [1.807, 2.05) is 0 Å². The number of carbonyl (C=O) groups excluding carboxylic acids is 1. The van der Waals surface area contributed by atoms with Crippen LogP contribution in [0, 0.1) is 5.82 Å². The Morgan fingerprint density at radius 3 is 2.82 bits per heavy atom. The molecule has 1 aromatic rings. The van der Waals surface area contributed by atoms with Crippen LogP contribution in [-0.2, 0) is 4.79 Å². The van der Waals surface area contributed by atoms with Gasteiger partial charge in [0.05, 0.1) is 17.3 Å². The molecule has 0 atom stereocenters. The average molecular weight is 322 g/mol. The molecule has 1 aliphatic rings. The second-order valence-electron chi connectivity index (χ2n) is 3.95. The molecule has 1 aliphatic carbocycles. The van der Waals surface area contributed by atoms with Crippen molar-refractivity contribution in [1.29, 1.82) is 0 Å². The number of benzene rings is 1. The van der Waals surface area contributed by atoms with Gasteiger partial charge in [0.1, 0.15) is 5.82 Å². The van der Waals surface area contributed by atoms with Gasteiger partial charge in [-0.15, -0.1) is 0 Å². The summed E-state index contributed by atoms with van der Waals surface area (Å²) in [4.78, 5) is 11.6. The van der Waals surface area contributed by atoms with Gasteiger partial charge in [-0.25, -0.2) is 4.39 Å². The monoisotopic (exact) mass is 320 g/mol. The van der Waals surface area contributed by atoms with Crippen LogP contribution in [0.3, 0.4) is 0 Å². The average Bonchev–Trinajstić information content (AvgIpc) is 3.04. The van der Waals surface area contributed by atoms with E-state index in [-0.39, 0.29) is 17.5 Å². The van der Waals surface area contributed by atoms with E-state index < -0.39 is 5.82 Å². The van der Waals surface area contributed by atoms with Crippen LogP contribution in [0.15, 0.2) is 16.6 Å². The lowest BCUT2D eigenvalue weighted by Crippen LogP contribution is -2.29. The summed E-state index contributed by atoms with van der Waals surface area (Å²) in [6.45, 7) is 0.241. The normalized spacial score (nSPS) is 14.8. The van der Waals surface area contributed by atoms with Gasteiger partial charge in [-0.05, 0) is 40.9 Å². The maximum Gasteiger partial charge on any atom is 0.238 e. The Hall–Kier alpha value is -0.650. The Kier molecular flexibility index (Phi) is 4.01. The van der Waals surface area contributed by atoms with Crippen LogP contribution < -0.4 is 10.6 Å². The Morgan fingerprint density at radius 2 is 2.24 bits per heavy atom. The summed E-state index contributed by atoms with van der Waals surface area (Å²) in [6.07, 6.45) is 2.24. The number of rotatable bonds is 4. The van der Waals surface area contributed by atoms with Crippen molar-refractivity contribution >= 4 is 39.1 Å². The molecule has 2 N–H and O–H groups in total. The van der Waals surface area contributed by atoms with Gasteiger partial charge in [0.15, 0.2) is 0 Å². The molecule has 92 valence electrons. The zero-order valence-corrected chi connectivity index (χ0v) is 11.2. The van der Waals surface area contributed by atoms with E-state index in [0.717, 1.165) is 18.9 Å². The topological polar surface area (TPSA) is 41.1 Å². The summed E-state index contributed by atoms with van der Waals surface area (Å²) in [5.41, 5.74) is 0.399. The summed E-state index contributed by atoms with van der Waals surface area (Å²) >= 11 is 9.01. The molecule has 1 aromatic carbocycles. The molecule has 0 bridgehead atoms. The summed E-state index contributed by atoms with van der Waals surface area (Å²) in [6, 6.07) is 2.89. The fraction of sp³-hybridized carbons (Fsp3) is 0.364. The predicted octanol–water partition coefficient (Wildman–Crippen LogP) is 2.93. The molecule has 6 heteroatoms. The Morgan fingerprint density at radius 1 is 1.53 bits per heavy atom. The third kappa shape index (κ3) is 3.66. The van der Waals surface area contributed by atoms with E-state index in [1.54, 1.807) is 0 Å². The van der Waals surface area contributed by atoms with E-state index in [4.69, 9.17) is 11.6 Å². The first-order valence-corrected chi connectivity index (χ1v) is 6.41. The number of halogens is 3. The van der Waals surface area contributed by atoms with Crippen molar-refractivity contribution in [2.24, 2.45) is 0 Å². The molecule has 3 nitrogen and oxygen atoms in total. The minimum Gasteiger partial charge on any atom is -0.323 e. The van der Waals surface area contributed by atoms with Crippen LogP contribution in [0.2, 0.25) is 5.02 Å². The van der Waals surface area contributed by atoms with Gasteiger partial charge in [-0.2, -0.15) is 0 Å². The Bertz CT molecular complexity index is 428. The highest BCUT2D eigenvalue weighted by Crippen LogP contribution is 2.31. The van der Waals surface area contributed by atoms with Gasteiger partial charge in [0.25, 0.3) is 0 Å². The highest BCUT2D eigenvalue weighted by atomic mass is 79.9. The molecule has 0 heterocycles. The maximum atomic E-state index is 13.0. The number of nitrogens with one attached hydrogen (secondary N) is 2. The lowest BCUT2D eigenvalue weighted by Gasteiger charge is -2.10. The summed E-state index contributed by atoms with van der Waals surface area (Å²) in [7, 11) is 0. The zero-order chi connectivity index (χ0) is 12.4. The third-order valence-electron chi connectivity index (χ3n) is 2.40. The van der Waals surface area contributed by atoms with Crippen molar-refractivity contribution in [2.75, 3.05) is 11.9 Å². The van der Waals surface area contributed by atoms with Crippen LogP contribution in [0.25, 0.3) is 0 Å². The van der Waals surface area contributed by atoms with Crippen LogP contribution in [-0.4, -0.2) is 18.5 Å². The SMILES string of the molecule is O=C(CNC1CC1)Nc1c(Cl)cc(F)cc1Br. The molecule has 0 radical (unpaired) electrons. The van der Waals surface area contributed by atoms with E-state index in [2.05, 4.69) is 26.6 Å². The molecular weight excluding hydrogens is 310 g/mol. The second-order valence-corrected chi connectivity index (χ2v) is 5.21. The maximum absolute atomic E-state index is 13.0. The lowest BCUT2D eigenvalue weighted by atomic mass is 10.3. The minimum atomic E-state index is -0.448. The first-order chi connectivity index (χ1) is 8.06. The summed E-state index contributed by atoms with van der Waals surface area (Å²) in [5, 5.41) is 5.90. The molecule has 1 amide bonds. The lowest BCUT2D eigenvalue weighted by molar-refractivity contribution is -0.115. The molecular formula is C11H11BrClFN2O. The number of amides is 1. The highest BCUT2D eigenvalue weighted by Gasteiger charge is 2.21. The van der Waals surface area contributed by atoms with Gasteiger partial charge in [0, 0.05) is 10.5 Å². The van der Waals surface area contributed by atoms with Crippen molar-refractivity contribution in [1.82, 2.24) is 5.32 Å². The summed E-state index contributed by atoms with van der Waals surface area (Å²) in [5.74, 6) is -0.637. The molecule has 0 unspecified atom stereocenters. The van der Waals surface area contributed by atoms with E-state index in [9.17, 15) is 9.18 Å². The molecule has 0 aliphatic heterocycles. The van der Waals surface area contributed by atoms with Crippen molar-refractivity contribution in [3.63, 3.8) is 0 Å². The molecule has 0 saturated heterocycles. The number of hydrogen-bond acceptors (Lipinski definition) is 2. The molecule has 2 rings (SSSR count). The van der Waals surface area contributed by atoms with Crippen LogP contribution in [0.1, 0.15) is 12.8 Å². The number of anilines is 1. The zero-order valence-electron chi connectivity index (χ0n) is 8.90. The smallest absolute Gasteiger partial charge is 0.238 e. The number of carbonyl (C=O) groups is 1. The first kappa shape index (κ1) is 12.8. The Balaban J connectivity index is 1.99. The fourth-order valence-corrected chi connectivity index (χ4v) is 2.27. The highest BCUT2D eigenvalue weighted by molar-refractivity contribution is 9.10. The van der Waals surface area contributed by atoms with E-state index in [1.165, 1.54) is 6.07 Å². The molecule has 17 heavy (non-hydrogen) atoms. The van der Waals surface area contributed by atoms with Gasteiger partial charge >= 0.3 is 0 Å². The second kappa shape index (κ2) is 5.33. The van der Waals surface area contributed by atoms with Crippen molar-refractivity contribution in [3.05, 3.63) is 27.4 Å². The van der Waals surface area contributed by atoms with Crippen molar-refractivity contribution < 1.29 is 9.18 Å². The van der Waals surface area contributed by atoms with E-state index in [0.29, 0.717) is 16.2 Å².